The predicted octanol–water partition coefficient (Wildman–Crippen LogP) is -0.0671. The summed E-state index contributed by atoms with van der Waals surface area (Å²) in [6, 6.07) is 3.25. The van der Waals surface area contributed by atoms with Crippen molar-refractivity contribution in [1.82, 2.24) is 0 Å². The second kappa shape index (κ2) is 3.26. The quantitative estimate of drug-likeness (QED) is 0.287. The molecule has 1 aliphatic heterocycles. The van der Waals surface area contributed by atoms with E-state index in [1.165, 1.54) is 19.5 Å². The molecule has 0 N–H and O–H groups in total. The van der Waals surface area contributed by atoms with Gasteiger partial charge in [-0.25, -0.2) is 4.79 Å². The van der Waals surface area contributed by atoms with E-state index in [4.69, 9.17) is 4.74 Å². The molecule has 1 aromatic rings. The van der Waals surface area contributed by atoms with Gasteiger partial charge in [-0.3, -0.25) is 0 Å². The van der Waals surface area contributed by atoms with E-state index in [0.717, 1.165) is 5.56 Å². The number of rotatable bonds is 2. The number of nitrogens with zero attached hydrogens (tertiary/aromatic N) is 1. The van der Waals surface area contributed by atoms with Gasteiger partial charge in [-0.15, -0.1) is 0 Å². The Morgan fingerprint density at radius 1 is 1.57 bits per heavy atom. The molecule has 5 nitrogen and oxygen atoms in total. The molecule has 74 valence electrons. The number of pyridine rings is 1. The number of carbonyl (C=O) groups is 1. The Balaban J connectivity index is 2.06. The molecule has 0 aliphatic carbocycles. The average Bonchev–Trinajstić information content (AvgIpc) is 2.98. The number of methoxy groups -OCH3 is 1. The van der Waals surface area contributed by atoms with E-state index in [0.29, 0.717) is 4.73 Å². The van der Waals surface area contributed by atoms with Crippen LogP contribution < -0.4 is 4.73 Å². The maximum atomic E-state index is 11.0. The summed E-state index contributed by atoms with van der Waals surface area (Å²) < 4.78 is 10.3. The molecular formula is C9H9NO4. The summed E-state index contributed by atoms with van der Waals surface area (Å²) in [5.74, 6) is -0.381. The Hall–Kier alpha value is -1.62. The second-order valence-electron chi connectivity index (χ2n) is 2.99. The van der Waals surface area contributed by atoms with E-state index in [-0.39, 0.29) is 12.1 Å². The highest BCUT2D eigenvalue weighted by Gasteiger charge is 2.47. The van der Waals surface area contributed by atoms with E-state index < -0.39 is 6.10 Å². The predicted molar refractivity (Wildman–Crippen MR) is 45.0 cm³/mol. The van der Waals surface area contributed by atoms with Crippen LogP contribution in [0.1, 0.15) is 11.7 Å². The third kappa shape index (κ3) is 1.54. The average molecular weight is 195 g/mol. The lowest BCUT2D eigenvalue weighted by molar-refractivity contribution is -0.605. The highest BCUT2D eigenvalue weighted by molar-refractivity contribution is 5.78. The van der Waals surface area contributed by atoms with Crippen molar-refractivity contribution in [3.63, 3.8) is 0 Å². The normalized spacial score (nSPS) is 24.4. The fraction of sp³-hybridized carbons (Fsp3) is 0.333. The standard InChI is InChI=1S/C9H9NO4/c1-13-9(11)8-7(14-8)6-2-4-10(12)5-3-6/h2-5,7-8H,1H3/t7-,8+/m1/s1. The number of hydrogen-bond donors (Lipinski definition) is 0. The van der Waals surface area contributed by atoms with Crippen molar-refractivity contribution < 1.29 is 19.0 Å². The van der Waals surface area contributed by atoms with Gasteiger partial charge in [0.05, 0.1) is 7.11 Å². The molecule has 2 rings (SSSR count). The summed E-state index contributed by atoms with van der Waals surface area (Å²) in [5, 5.41) is 10.7. The molecule has 14 heavy (non-hydrogen) atoms. The van der Waals surface area contributed by atoms with Gasteiger partial charge in [0, 0.05) is 12.1 Å². The first-order valence-electron chi connectivity index (χ1n) is 4.14. The number of esters is 1. The molecular weight excluding hydrogens is 186 g/mol. The van der Waals surface area contributed by atoms with Crippen molar-refractivity contribution in [2.75, 3.05) is 7.11 Å². The molecule has 1 aliphatic rings. The van der Waals surface area contributed by atoms with E-state index in [1.54, 1.807) is 12.1 Å². The van der Waals surface area contributed by atoms with Crippen LogP contribution in [-0.4, -0.2) is 19.2 Å². The molecule has 0 bridgehead atoms. The van der Waals surface area contributed by atoms with Crippen LogP contribution in [0.4, 0.5) is 0 Å². The summed E-state index contributed by atoms with van der Waals surface area (Å²) in [4.78, 5) is 11.0. The maximum absolute atomic E-state index is 11.0. The topological polar surface area (TPSA) is 65.8 Å². The minimum atomic E-state index is -0.512. The Labute approximate surface area is 80.5 Å². The molecule has 5 heteroatoms. The van der Waals surface area contributed by atoms with Crippen LogP contribution >= 0.6 is 0 Å². The minimum absolute atomic E-state index is 0.261. The van der Waals surface area contributed by atoms with Crippen molar-refractivity contribution >= 4 is 5.97 Å². The van der Waals surface area contributed by atoms with Gasteiger partial charge in [0.25, 0.3) is 0 Å². The van der Waals surface area contributed by atoms with Crippen LogP contribution in [0.5, 0.6) is 0 Å². The van der Waals surface area contributed by atoms with Crippen molar-refractivity contribution in [2.45, 2.75) is 12.2 Å². The number of carbonyl (C=O) groups excluding carboxylic acids is 1. The molecule has 2 atom stereocenters. The lowest BCUT2D eigenvalue weighted by Crippen LogP contribution is -2.23. The smallest absolute Gasteiger partial charge is 0.338 e. The van der Waals surface area contributed by atoms with Gasteiger partial charge < -0.3 is 14.7 Å². The van der Waals surface area contributed by atoms with Gasteiger partial charge in [-0.2, -0.15) is 4.73 Å². The Morgan fingerprint density at radius 2 is 2.21 bits per heavy atom. The Kier molecular flexibility index (Phi) is 2.09. The van der Waals surface area contributed by atoms with Gasteiger partial charge in [0.15, 0.2) is 18.5 Å². The van der Waals surface area contributed by atoms with Crippen LogP contribution in [0.15, 0.2) is 24.5 Å². The zero-order valence-electron chi connectivity index (χ0n) is 7.54. The molecule has 2 heterocycles. The molecule has 0 saturated carbocycles. The van der Waals surface area contributed by atoms with Gasteiger partial charge >= 0.3 is 5.97 Å². The zero-order chi connectivity index (χ0) is 10.1. The van der Waals surface area contributed by atoms with Crippen molar-refractivity contribution in [2.24, 2.45) is 0 Å². The van der Waals surface area contributed by atoms with Crippen molar-refractivity contribution in [3.8, 4) is 0 Å². The fourth-order valence-corrected chi connectivity index (χ4v) is 1.28. The monoisotopic (exact) mass is 195 g/mol. The highest BCUT2D eigenvalue weighted by Crippen LogP contribution is 2.38. The van der Waals surface area contributed by atoms with Gasteiger partial charge in [-0.05, 0) is 5.56 Å². The summed E-state index contributed by atoms with van der Waals surface area (Å²) >= 11 is 0. The minimum Gasteiger partial charge on any atom is -0.619 e. The summed E-state index contributed by atoms with van der Waals surface area (Å²) in [5.41, 5.74) is 0.813. The number of epoxide rings is 1. The number of aromatic nitrogens is 1. The van der Waals surface area contributed by atoms with Crippen molar-refractivity contribution in [3.05, 3.63) is 35.3 Å². The van der Waals surface area contributed by atoms with Crippen LogP contribution in [0.25, 0.3) is 0 Å². The first-order valence-corrected chi connectivity index (χ1v) is 4.14. The zero-order valence-corrected chi connectivity index (χ0v) is 7.54. The van der Waals surface area contributed by atoms with E-state index in [2.05, 4.69) is 4.74 Å². The van der Waals surface area contributed by atoms with E-state index in [1.807, 2.05) is 0 Å². The summed E-state index contributed by atoms with van der Waals surface area (Å²) in [6.07, 6.45) is 1.96. The summed E-state index contributed by atoms with van der Waals surface area (Å²) in [7, 11) is 1.32. The van der Waals surface area contributed by atoms with Crippen LogP contribution in [0.2, 0.25) is 0 Å². The van der Waals surface area contributed by atoms with Gasteiger partial charge in [0.1, 0.15) is 6.10 Å². The second-order valence-corrected chi connectivity index (χ2v) is 2.99. The van der Waals surface area contributed by atoms with E-state index >= 15 is 0 Å². The maximum Gasteiger partial charge on any atom is 0.338 e. The summed E-state index contributed by atoms with van der Waals surface area (Å²) in [6.45, 7) is 0. The number of ether oxygens (including phenoxy) is 2. The molecule has 1 aromatic heterocycles. The first-order chi connectivity index (χ1) is 6.72. The highest BCUT2D eigenvalue weighted by atomic mass is 16.6. The van der Waals surface area contributed by atoms with E-state index in [9.17, 15) is 10.0 Å². The third-order valence-electron chi connectivity index (χ3n) is 2.08. The fourth-order valence-electron chi connectivity index (χ4n) is 1.28. The first kappa shape index (κ1) is 8.96. The number of hydrogen-bond acceptors (Lipinski definition) is 4. The molecule has 1 saturated heterocycles. The Bertz CT molecular complexity index is 348. The molecule has 0 unspecified atom stereocenters. The van der Waals surface area contributed by atoms with Gasteiger partial charge in [0.2, 0.25) is 0 Å². The van der Waals surface area contributed by atoms with Crippen LogP contribution in [0, 0.1) is 5.21 Å². The largest absolute Gasteiger partial charge is 0.619 e. The van der Waals surface area contributed by atoms with Crippen molar-refractivity contribution in [1.29, 1.82) is 0 Å². The Morgan fingerprint density at radius 3 is 2.79 bits per heavy atom. The lowest BCUT2D eigenvalue weighted by Gasteiger charge is -1.96. The van der Waals surface area contributed by atoms with Gasteiger partial charge in [-0.1, -0.05) is 0 Å². The molecule has 0 spiro atoms. The SMILES string of the molecule is COC(=O)[C@H]1O[C@@H]1c1cc[n+]([O-])cc1. The molecule has 1 fully saturated rings. The molecule has 0 radical (unpaired) electrons. The van der Waals surface area contributed by atoms with Crippen LogP contribution in [-0.2, 0) is 14.3 Å². The molecule has 0 aromatic carbocycles. The lowest BCUT2D eigenvalue weighted by atomic mass is 10.1. The molecule has 0 amide bonds. The van der Waals surface area contributed by atoms with Crippen LogP contribution in [0.3, 0.4) is 0 Å². The third-order valence-corrected chi connectivity index (χ3v) is 2.08.